The van der Waals surface area contributed by atoms with Crippen molar-refractivity contribution in [1.29, 1.82) is 0 Å². The number of carbonyl (C=O) groups excluding carboxylic acids is 1. The average molecular weight is 356 g/mol. The highest BCUT2D eigenvalue weighted by atomic mass is 32.2. The van der Waals surface area contributed by atoms with Crippen LogP contribution in [0.25, 0.3) is 0 Å². The second-order valence-corrected chi connectivity index (χ2v) is 8.33. The van der Waals surface area contributed by atoms with E-state index >= 15 is 0 Å². The predicted molar refractivity (Wildman–Crippen MR) is 98.4 cm³/mol. The molecule has 0 radical (unpaired) electrons. The molecule has 1 N–H and O–H groups in total. The molecule has 1 atom stereocenters. The second-order valence-electron chi connectivity index (χ2n) is 7.26. The van der Waals surface area contributed by atoms with E-state index < -0.39 is 0 Å². The largest absolute Gasteiger partial charge is 0.354 e. The van der Waals surface area contributed by atoms with Crippen molar-refractivity contribution in [1.82, 2.24) is 20.1 Å². The highest BCUT2D eigenvalue weighted by Gasteiger charge is 2.72. The SMILES string of the molecule is Cn1cnnc1SCCNC(=O)[C@]1(c2ccccc2)CC12CCCC2. The van der Waals surface area contributed by atoms with Crippen LogP contribution in [0.15, 0.2) is 41.8 Å². The highest BCUT2D eigenvalue weighted by Crippen LogP contribution is 2.72. The Morgan fingerprint density at radius 1 is 1.28 bits per heavy atom. The zero-order valence-electron chi connectivity index (χ0n) is 14.6. The van der Waals surface area contributed by atoms with Crippen molar-refractivity contribution in [3.8, 4) is 0 Å². The summed E-state index contributed by atoms with van der Waals surface area (Å²) in [6.07, 6.45) is 7.57. The quantitative estimate of drug-likeness (QED) is 0.639. The van der Waals surface area contributed by atoms with Crippen LogP contribution in [0.2, 0.25) is 0 Å². The molecule has 0 aliphatic heterocycles. The summed E-state index contributed by atoms with van der Waals surface area (Å²) in [7, 11) is 1.93. The van der Waals surface area contributed by atoms with Gasteiger partial charge >= 0.3 is 0 Å². The first kappa shape index (κ1) is 16.6. The molecule has 2 aliphatic carbocycles. The Morgan fingerprint density at radius 3 is 2.72 bits per heavy atom. The fourth-order valence-corrected chi connectivity index (χ4v) is 5.31. The van der Waals surface area contributed by atoms with Crippen LogP contribution < -0.4 is 5.32 Å². The van der Waals surface area contributed by atoms with Crippen LogP contribution in [0.5, 0.6) is 0 Å². The lowest BCUT2D eigenvalue weighted by Crippen LogP contribution is -2.39. The molecular formula is C19H24N4OS. The van der Waals surface area contributed by atoms with Gasteiger partial charge in [0.25, 0.3) is 0 Å². The van der Waals surface area contributed by atoms with Crippen LogP contribution in [0.4, 0.5) is 0 Å². The number of hydrogen-bond acceptors (Lipinski definition) is 4. The molecule has 132 valence electrons. The third-order valence-electron chi connectivity index (χ3n) is 5.89. The number of benzene rings is 1. The van der Waals surface area contributed by atoms with Crippen molar-refractivity contribution < 1.29 is 4.79 Å². The van der Waals surface area contributed by atoms with E-state index in [1.165, 1.54) is 31.2 Å². The summed E-state index contributed by atoms with van der Waals surface area (Å²) in [5.74, 6) is 1.01. The molecule has 1 spiro atoms. The molecule has 0 unspecified atom stereocenters. The second kappa shape index (κ2) is 6.48. The van der Waals surface area contributed by atoms with Crippen LogP contribution in [-0.4, -0.2) is 33.0 Å². The average Bonchev–Trinajstić information content (AvgIpc) is 2.89. The summed E-state index contributed by atoms with van der Waals surface area (Å²) < 4.78 is 1.90. The lowest BCUT2D eigenvalue weighted by molar-refractivity contribution is -0.124. The van der Waals surface area contributed by atoms with Gasteiger partial charge in [-0.25, -0.2) is 0 Å². The number of carbonyl (C=O) groups is 1. The summed E-state index contributed by atoms with van der Waals surface area (Å²) in [5.41, 5.74) is 1.09. The van der Waals surface area contributed by atoms with Gasteiger partial charge in [0.2, 0.25) is 5.91 Å². The Kier molecular flexibility index (Phi) is 4.31. The van der Waals surface area contributed by atoms with Crippen molar-refractivity contribution >= 4 is 17.7 Å². The lowest BCUT2D eigenvalue weighted by Gasteiger charge is -2.22. The maximum absolute atomic E-state index is 13.2. The molecule has 2 aliphatic rings. The van der Waals surface area contributed by atoms with Crippen molar-refractivity contribution in [3.05, 3.63) is 42.2 Å². The van der Waals surface area contributed by atoms with Gasteiger partial charge in [0, 0.05) is 19.3 Å². The number of aromatic nitrogens is 3. The molecule has 0 saturated heterocycles. The normalized spacial score (nSPS) is 23.7. The molecule has 1 amide bonds. The van der Waals surface area contributed by atoms with Gasteiger partial charge in [-0.1, -0.05) is 54.9 Å². The first-order valence-corrected chi connectivity index (χ1v) is 9.97. The molecule has 1 aromatic carbocycles. The molecule has 2 saturated carbocycles. The van der Waals surface area contributed by atoms with E-state index in [0.717, 1.165) is 17.3 Å². The summed E-state index contributed by atoms with van der Waals surface area (Å²) in [6.45, 7) is 0.654. The molecule has 6 heteroatoms. The Balaban J connectivity index is 1.42. The Hall–Kier alpha value is -1.82. The Morgan fingerprint density at radius 2 is 2.04 bits per heavy atom. The molecular weight excluding hydrogens is 332 g/mol. The van der Waals surface area contributed by atoms with E-state index in [2.05, 4.69) is 39.8 Å². The van der Waals surface area contributed by atoms with Crippen LogP contribution in [0, 0.1) is 5.41 Å². The van der Waals surface area contributed by atoms with E-state index in [0.29, 0.717) is 6.54 Å². The molecule has 1 heterocycles. The van der Waals surface area contributed by atoms with E-state index in [9.17, 15) is 4.79 Å². The highest BCUT2D eigenvalue weighted by molar-refractivity contribution is 7.99. The fraction of sp³-hybridized carbons (Fsp3) is 0.526. The summed E-state index contributed by atoms with van der Waals surface area (Å²) >= 11 is 1.62. The van der Waals surface area contributed by atoms with Crippen LogP contribution >= 0.6 is 11.8 Å². The molecule has 0 bridgehead atoms. The summed E-state index contributed by atoms with van der Waals surface area (Å²) in [6, 6.07) is 10.4. The van der Waals surface area contributed by atoms with E-state index in [1.807, 2.05) is 17.7 Å². The van der Waals surface area contributed by atoms with Gasteiger partial charge in [-0.3, -0.25) is 4.79 Å². The Labute approximate surface area is 152 Å². The van der Waals surface area contributed by atoms with Crippen LogP contribution in [0.1, 0.15) is 37.7 Å². The molecule has 4 rings (SSSR count). The topological polar surface area (TPSA) is 59.8 Å². The van der Waals surface area contributed by atoms with Gasteiger partial charge in [0.05, 0.1) is 5.41 Å². The summed E-state index contributed by atoms with van der Waals surface area (Å²) in [4.78, 5) is 13.2. The number of thioether (sulfide) groups is 1. The third-order valence-corrected chi connectivity index (χ3v) is 6.92. The van der Waals surface area contributed by atoms with Crippen molar-refractivity contribution in [2.75, 3.05) is 12.3 Å². The van der Waals surface area contributed by atoms with Gasteiger partial charge in [-0.2, -0.15) is 0 Å². The maximum atomic E-state index is 13.2. The molecule has 2 fully saturated rings. The number of amides is 1. The zero-order valence-corrected chi connectivity index (χ0v) is 15.4. The van der Waals surface area contributed by atoms with Crippen LogP contribution in [0.3, 0.4) is 0 Å². The first-order chi connectivity index (χ1) is 12.2. The predicted octanol–water partition coefficient (Wildman–Crippen LogP) is 2.93. The number of aryl methyl sites for hydroxylation is 1. The van der Waals surface area contributed by atoms with Gasteiger partial charge in [-0.15, -0.1) is 10.2 Å². The summed E-state index contributed by atoms with van der Waals surface area (Å²) in [5, 5.41) is 12.0. The van der Waals surface area contributed by atoms with Gasteiger partial charge in [-0.05, 0) is 30.2 Å². The fourth-order valence-electron chi connectivity index (χ4n) is 4.56. The molecule has 2 aromatic rings. The standard InChI is InChI=1S/C19H24N4OS/c1-23-14-21-22-17(23)25-12-11-20-16(24)19(15-7-3-2-4-8-15)13-18(19)9-5-6-10-18/h2-4,7-8,14H,5-6,9-13H2,1H3,(H,20,24)/t19-/m1/s1. The third kappa shape index (κ3) is 2.76. The minimum atomic E-state index is -0.305. The zero-order chi connectivity index (χ0) is 17.3. The van der Waals surface area contributed by atoms with Gasteiger partial charge in [0.1, 0.15) is 6.33 Å². The smallest absolute Gasteiger partial charge is 0.231 e. The number of hydrogen-bond donors (Lipinski definition) is 1. The molecule has 5 nitrogen and oxygen atoms in total. The van der Waals surface area contributed by atoms with E-state index in [1.54, 1.807) is 18.1 Å². The maximum Gasteiger partial charge on any atom is 0.231 e. The minimum Gasteiger partial charge on any atom is -0.354 e. The molecule has 1 aromatic heterocycles. The number of nitrogens with one attached hydrogen (secondary N) is 1. The van der Waals surface area contributed by atoms with E-state index in [-0.39, 0.29) is 16.7 Å². The van der Waals surface area contributed by atoms with Gasteiger partial charge < -0.3 is 9.88 Å². The van der Waals surface area contributed by atoms with Gasteiger partial charge in [0.15, 0.2) is 5.16 Å². The molecule has 25 heavy (non-hydrogen) atoms. The first-order valence-electron chi connectivity index (χ1n) is 8.99. The van der Waals surface area contributed by atoms with E-state index in [4.69, 9.17) is 0 Å². The Bertz CT molecular complexity index is 754. The van der Waals surface area contributed by atoms with Crippen LogP contribution in [-0.2, 0) is 17.3 Å². The monoisotopic (exact) mass is 356 g/mol. The lowest BCUT2D eigenvalue weighted by atomic mass is 9.84. The number of rotatable bonds is 6. The number of nitrogens with zero attached hydrogens (tertiary/aromatic N) is 3. The minimum absolute atomic E-state index is 0.204. The van der Waals surface area contributed by atoms with Crippen molar-refractivity contribution in [2.45, 2.75) is 42.7 Å². The van der Waals surface area contributed by atoms with Crippen molar-refractivity contribution in [3.63, 3.8) is 0 Å². The van der Waals surface area contributed by atoms with Crippen molar-refractivity contribution in [2.24, 2.45) is 12.5 Å².